The molecule has 1 amide bonds. The molecule has 0 spiro atoms. The van der Waals surface area contributed by atoms with Gasteiger partial charge in [-0.2, -0.15) is 0 Å². The molecule has 0 N–H and O–H groups in total. The van der Waals surface area contributed by atoms with Crippen LogP contribution in [0.1, 0.15) is 30.0 Å². The fourth-order valence-electron chi connectivity index (χ4n) is 1.87. The van der Waals surface area contributed by atoms with E-state index in [1.807, 2.05) is 19.9 Å². The average molecular weight is 216 g/mol. The van der Waals surface area contributed by atoms with Crippen LogP contribution in [0.15, 0.2) is 23.9 Å². The topological polar surface area (TPSA) is 42.3 Å². The van der Waals surface area contributed by atoms with Crippen LogP contribution in [-0.2, 0) is 4.79 Å². The molecule has 0 bridgehead atoms. The smallest absolute Gasteiger partial charge is 0.218 e. The lowest BCUT2D eigenvalue weighted by atomic mass is 10.1. The van der Waals surface area contributed by atoms with Crippen molar-refractivity contribution in [3.05, 3.63) is 35.3 Å². The Hall–Kier alpha value is -2.10. The Bertz CT molecular complexity index is 505. The van der Waals surface area contributed by atoms with E-state index in [-0.39, 0.29) is 0 Å². The lowest BCUT2D eigenvalue weighted by Crippen LogP contribution is -2.20. The first-order valence-electron chi connectivity index (χ1n) is 4.95. The average Bonchev–Trinajstić information content (AvgIpc) is 2.69. The van der Waals surface area contributed by atoms with Crippen molar-refractivity contribution in [2.75, 3.05) is 0 Å². The predicted molar refractivity (Wildman–Crippen MR) is 61.3 cm³/mol. The van der Waals surface area contributed by atoms with Crippen LogP contribution < -0.4 is 0 Å². The number of rotatable bonds is 2. The molecule has 82 valence electrons. The first kappa shape index (κ1) is 10.4. The predicted octanol–water partition coefficient (Wildman–Crippen LogP) is 1.95. The van der Waals surface area contributed by atoms with Crippen LogP contribution in [0, 0.1) is 0 Å². The van der Waals surface area contributed by atoms with E-state index in [1.54, 1.807) is 23.0 Å². The summed E-state index contributed by atoms with van der Waals surface area (Å²) in [6.07, 6.45) is 4.91. The van der Waals surface area contributed by atoms with Crippen LogP contribution >= 0.6 is 0 Å². The second-order valence-electron chi connectivity index (χ2n) is 3.79. The van der Waals surface area contributed by atoms with Crippen molar-refractivity contribution in [2.24, 2.45) is 0 Å². The zero-order valence-corrected chi connectivity index (χ0v) is 9.18. The molecule has 0 radical (unpaired) electrons. The van der Waals surface area contributed by atoms with Crippen LogP contribution in [0.25, 0.3) is 11.9 Å². The maximum atomic E-state index is 10.9. The van der Waals surface area contributed by atoms with Gasteiger partial charge in [-0.25, -0.2) is 0 Å². The van der Waals surface area contributed by atoms with Crippen LogP contribution in [0.3, 0.4) is 0 Å². The summed E-state index contributed by atoms with van der Waals surface area (Å²) in [4.78, 5) is 23.2. The number of hydrogen-bond donors (Lipinski definition) is 0. The van der Waals surface area contributed by atoms with Gasteiger partial charge in [0.05, 0.1) is 17.1 Å². The van der Waals surface area contributed by atoms with Crippen molar-refractivity contribution in [1.29, 1.82) is 0 Å². The van der Waals surface area contributed by atoms with Gasteiger partial charge in [0, 0.05) is 12.4 Å². The van der Waals surface area contributed by atoms with Crippen LogP contribution in [-0.4, -0.2) is 22.2 Å². The van der Waals surface area contributed by atoms with Crippen molar-refractivity contribution in [1.82, 2.24) is 9.47 Å². The van der Waals surface area contributed by atoms with E-state index in [4.69, 9.17) is 0 Å². The Labute approximate surface area is 93.5 Å². The van der Waals surface area contributed by atoms with E-state index in [0.717, 1.165) is 29.7 Å². The lowest BCUT2D eigenvalue weighted by molar-refractivity contribution is -0.113. The Kier molecular flexibility index (Phi) is 2.48. The number of hydrogen-bond acceptors (Lipinski definition) is 2. The first-order chi connectivity index (χ1) is 7.69. The van der Waals surface area contributed by atoms with Crippen molar-refractivity contribution in [2.45, 2.75) is 13.8 Å². The minimum Gasteiger partial charge on any atom is -0.311 e. The third-order valence-corrected chi connectivity index (χ3v) is 2.53. The van der Waals surface area contributed by atoms with Gasteiger partial charge in [-0.3, -0.25) is 14.5 Å². The standard InChI is InChI=1S/C12H12N2O2/c1-9(2)12-11-4-3-10(7-15)14(11)6-5-13(12)8-16/h3-8H,1-2H3. The van der Waals surface area contributed by atoms with Gasteiger partial charge in [-0.1, -0.05) is 5.57 Å². The quantitative estimate of drug-likeness (QED) is 0.709. The Balaban J connectivity index is 2.67. The van der Waals surface area contributed by atoms with Gasteiger partial charge in [0.15, 0.2) is 6.29 Å². The molecule has 4 heteroatoms. The summed E-state index contributed by atoms with van der Waals surface area (Å²) in [6.45, 7) is 3.87. The molecule has 1 aromatic rings. The summed E-state index contributed by atoms with van der Waals surface area (Å²) in [5.41, 5.74) is 3.28. The van der Waals surface area contributed by atoms with E-state index < -0.39 is 0 Å². The van der Waals surface area contributed by atoms with Gasteiger partial charge in [0.2, 0.25) is 6.41 Å². The number of fused-ring (bicyclic) bond motifs is 1. The Morgan fingerprint density at radius 2 is 1.94 bits per heavy atom. The Morgan fingerprint density at radius 1 is 1.19 bits per heavy atom. The number of aromatic nitrogens is 1. The molecule has 1 aromatic heterocycles. The number of nitrogens with zero attached hydrogens (tertiary/aromatic N) is 2. The maximum Gasteiger partial charge on any atom is 0.218 e. The number of allylic oxidation sites excluding steroid dienone is 1. The van der Waals surface area contributed by atoms with Crippen LogP contribution in [0.4, 0.5) is 0 Å². The Morgan fingerprint density at radius 3 is 2.50 bits per heavy atom. The van der Waals surface area contributed by atoms with Crippen molar-refractivity contribution in [3.8, 4) is 0 Å². The molecular weight excluding hydrogens is 204 g/mol. The molecular formula is C12H12N2O2. The molecule has 2 heterocycles. The molecule has 4 nitrogen and oxygen atoms in total. The summed E-state index contributed by atoms with van der Waals surface area (Å²) in [6, 6.07) is 3.58. The summed E-state index contributed by atoms with van der Waals surface area (Å²) in [5, 5.41) is 0. The fraction of sp³-hybridized carbons (Fsp3) is 0.167. The molecule has 0 aliphatic carbocycles. The summed E-state index contributed by atoms with van der Waals surface area (Å²) < 4.78 is 1.77. The minimum atomic E-state index is 0.579. The van der Waals surface area contributed by atoms with E-state index >= 15 is 0 Å². The molecule has 2 rings (SSSR count). The second-order valence-corrected chi connectivity index (χ2v) is 3.79. The molecule has 0 fully saturated rings. The largest absolute Gasteiger partial charge is 0.311 e. The molecule has 1 aliphatic rings. The summed E-state index contributed by atoms with van der Waals surface area (Å²) in [5.74, 6) is 0. The first-order valence-corrected chi connectivity index (χ1v) is 4.95. The third kappa shape index (κ3) is 1.39. The number of amides is 1. The van der Waals surface area contributed by atoms with Crippen molar-refractivity contribution in [3.63, 3.8) is 0 Å². The van der Waals surface area contributed by atoms with Gasteiger partial charge in [0.25, 0.3) is 0 Å². The molecule has 0 atom stereocenters. The van der Waals surface area contributed by atoms with Crippen LogP contribution in [0.2, 0.25) is 0 Å². The number of aldehydes is 1. The number of carbonyl (C=O) groups is 2. The normalized spacial score (nSPS) is 13.6. The van der Waals surface area contributed by atoms with Gasteiger partial charge in [0.1, 0.15) is 0 Å². The lowest BCUT2D eigenvalue weighted by Gasteiger charge is -2.24. The highest BCUT2D eigenvalue weighted by molar-refractivity contribution is 5.83. The molecule has 0 aromatic carbocycles. The van der Waals surface area contributed by atoms with E-state index in [1.165, 1.54) is 4.90 Å². The fourth-order valence-corrected chi connectivity index (χ4v) is 1.87. The van der Waals surface area contributed by atoms with Gasteiger partial charge < -0.3 is 4.57 Å². The highest BCUT2D eigenvalue weighted by Gasteiger charge is 2.19. The van der Waals surface area contributed by atoms with E-state index in [9.17, 15) is 9.59 Å². The van der Waals surface area contributed by atoms with E-state index in [2.05, 4.69) is 0 Å². The van der Waals surface area contributed by atoms with Crippen molar-refractivity contribution >= 4 is 24.6 Å². The highest BCUT2D eigenvalue weighted by atomic mass is 16.1. The zero-order valence-electron chi connectivity index (χ0n) is 9.18. The summed E-state index contributed by atoms with van der Waals surface area (Å²) in [7, 11) is 0. The molecule has 16 heavy (non-hydrogen) atoms. The molecule has 0 saturated carbocycles. The highest BCUT2D eigenvalue weighted by Crippen LogP contribution is 2.28. The van der Waals surface area contributed by atoms with Crippen LogP contribution in [0.5, 0.6) is 0 Å². The monoisotopic (exact) mass is 216 g/mol. The third-order valence-electron chi connectivity index (χ3n) is 2.53. The summed E-state index contributed by atoms with van der Waals surface area (Å²) >= 11 is 0. The maximum absolute atomic E-state index is 10.9. The molecule has 0 saturated heterocycles. The SMILES string of the molecule is CC(C)=C1c2ccc(C=O)n2C=CN1C=O. The number of carbonyl (C=O) groups excluding carboxylic acids is 2. The second kappa shape index (κ2) is 3.81. The van der Waals surface area contributed by atoms with Gasteiger partial charge >= 0.3 is 0 Å². The molecule has 0 unspecified atom stereocenters. The zero-order chi connectivity index (χ0) is 11.7. The van der Waals surface area contributed by atoms with E-state index in [0.29, 0.717) is 5.69 Å². The van der Waals surface area contributed by atoms with Gasteiger partial charge in [-0.05, 0) is 26.0 Å². The minimum absolute atomic E-state index is 0.579. The van der Waals surface area contributed by atoms with Gasteiger partial charge in [-0.15, -0.1) is 0 Å². The molecule has 1 aliphatic heterocycles. The van der Waals surface area contributed by atoms with Crippen molar-refractivity contribution < 1.29 is 9.59 Å².